The minimum atomic E-state index is -0.881. The van der Waals surface area contributed by atoms with Crippen LogP contribution in [0.5, 0.6) is 17.2 Å². The smallest absolute Gasteiger partial charge is 0.338 e. The number of esters is 1. The lowest BCUT2D eigenvalue weighted by molar-refractivity contribution is -0.140. The molecule has 41 heavy (non-hydrogen) atoms. The highest BCUT2D eigenvalue weighted by Crippen LogP contribution is 2.40. The third-order valence-electron chi connectivity index (χ3n) is 6.12. The monoisotopic (exact) mass is 641 g/mol. The summed E-state index contributed by atoms with van der Waals surface area (Å²) in [6, 6.07) is 11.7. The van der Waals surface area contributed by atoms with E-state index < -0.39 is 12.0 Å². The maximum atomic E-state index is 14.0. The minimum absolute atomic E-state index is 0.0443. The van der Waals surface area contributed by atoms with Gasteiger partial charge in [0.15, 0.2) is 22.9 Å². The SMILES string of the molecule is CCOc1c(OC)cccc1[C@H]1C(C(=O)OCCOC)=C(C)N=c2s/c(=C/c3ccc(OCC#N)c(Br)c3)c(=O)n21. The van der Waals surface area contributed by atoms with Crippen molar-refractivity contribution in [2.45, 2.75) is 19.9 Å². The first-order chi connectivity index (χ1) is 19.8. The van der Waals surface area contributed by atoms with Crippen molar-refractivity contribution in [3.8, 4) is 23.3 Å². The van der Waals surface area contributed by atoms with E-state index in [1.165, 1.54) is 30.1 Å². The van der Waals surface area contributed by atoms with Crippen LogP contribution in [-0.4, -0.2) is 51.2 Å². The molecule has 1 atom stereocenters. The van der Waals surface area contributed by atoms with Crippen LogP contribution < -0.4 is 29.1 Å². The second-order valence-electron chi connectivity index (χ2n) is 8.66. The molecule has 3 aromatic rings. The highest BCUT2D eigenvalue weighted by atomic mass is 79.9. The standard InChI is InChI=1S/C29H28BrN3O7S/c1-5-38-26-19(7-6-8-22(26)37-4)25-24(28(35)40-14-13-36-3)17(2)32-29-33(25)27(34)23(41-29)16-18-9-10-21(20(30)15-18)39-12-11-31/h6-10,15-16,25H,5,12-14H2,1-4H3/b23-16+/t25-/m0/s1. The van der Waals surface area contributed by atoms with Crippen molar-refractivity contribution in [3.05, 3.63) is 83.0 Å². The van der Waals surface area contributed by atoms with Crippen LogP contribution in [0.3, 0.4) is 0 Å². The average molecular weight is 643 g/mol. The van der Waals surface area contributed by atoms with Crippen LogP contribution in [0.25, 0.3) is 6.08 Å². The Hall–Kier alpha value is -3.92. The van der Waals surface area contributed by atoms with Gasteiger partial charge in [-0.25, -0.2) is 9.79 Å². The second-order valence-corrected chi connectivity index (χ2v) is 10.5. The Labute approximate surface area is 248 Å². The number of allylic oxidation sites excluding steroid dienone is 1. The van der Waals surface area contributed by atoms with Crippen molar-refractivity contribution in [1.82, 2.24) is 4.57 Å². The summed E-state index contributed by atoms with van der Waals surface area (Å²) < 4.78 is 30.0. The van der Waals surface area contributed by atoms with Gasteiger partial charge in [0, 0.05) is 12.7 Å². The minimum Gasteiger partial charge on any atom is -0.493 e. The van der Waals surface area contributed by atoms with Gasteiger partial charge >= 0.3 is 5.97 Å². The zero-order valence-corrected chi connectivity index (χ0v) is 25.3. The number of aromatic nitrogens is 1. The Morgan fingerprint density at radius 2 is 2.00 bits per heavy atom. The number of thiazole rings is 1. The molecule has 0 fully saturated rings. The number of halogens is 1. The van der Waals surface area contributed by atoms with Gasteiger partial charge in [-0.05, 0) is 59.6 Å². The maximum absolute atomic E-state index is 14.0. The van der Waals surface area contributed by atoms with Gasteiger partial charge in [-0.1, -0.05) is 29.5 Å². The van der Waals surface area contributed by atoms with E-state index in [-0.39, 0.29) is 31.0 Å². The predicted octanol–water partition coefficient (Wildman–Crippen LogP) is 3.50. The van der Waals surface area contributed by atoms with Crippen LogP contribution >= 0.6 is 27.3 Å². The summed E-state index contributed by atoms with van der Waals surface area (Å²) in [6.45, 7) is 4.09. The summed E-state index contributed by atoms with van der Waals surface area (Å²) in [7, 11) is 3.05. The highest BCUT2D eigenvalue weighted by Gasteiger charge is 2.36. The van der Waals surface area contributed by atoms with Gasteiger partial charge < -0.3 is 23.7 Å². The average Bonchev–Trinajstić information content (AvgIpc) is 3.26. The van der Waals surface area contributed by atoms with E-state index in [4.69, 9.17) is 28.9 Å². The number of benzene rings is 2. The Bertz CT molecular complexity index is 1700. The number of rotatable bonds is 11. The Morgan fingerprint density at radius 3 is 2.68 bits per heavy atom. The van der Waals surface area contributed by atoms with Gasteiger partial charge in [-0.2, -0.15) is 5.26 Å². The third-order valence-corrected chi connectivity index (χ3v) is 7.72. The van der Waals surface area contributed by atoms with Gasteiger partial charge in [0.05, 0.1) is 40.6 Å². The molecule has 2 aromatic carbocycles. The molecule has 1 aliphatic rings. The number of methoxy groups -OCH3 is 2. The maximum Gasteiger partial charge on any atom is 0.338 e. The third kappa shape index (κ3) is 6.37. The summed E-state index contributed by atoms with van der Waals surface area (Å²) in [5.74, 6) is 0.797. The Morgan fingerprint density at radius 1 is 1.20 bits per heavy atom. The Balaban J connectivity index is 1.91. The van der Waals surface area contributed by atoms with Crippen LogP contribution in [-0.2, 0) is 14.3 Å². The van der Waals surface area contributed by atoms with E-state index in [1.54, 1.807) is 49.4 Å². The first-order valence-electron chi connectivity index (χ1n) is 12.6. The van der Waals surface area contributed by atoms with E-state index in [2.05, 4.69) is 20.9 Å². The molecule has 0 N–H and O–H groups in total. The zero-order chi connectivity index (χ0) is 29.5. The van der Waals surface area contributed by atoms with Crippen LogP contribution in [0, 0.1) is 11.3 Å². The molecule has 0 saturated heterocycles. The molecule has 0 radical (unpaired) electrons. The summed E-state index contributed by atoms with van der Waals surface area (Å²) in [4.78, 5) is 32.5. The molecule has 0 spiro atoms. The van der Waals surface area contributed by atoms with Gasteiger partial charge in [0.25, 0.3) is 5.56 Å². The lowest BCUT2D eigenvalue weighted by Gasteiger charge is -2.27. The molecule has 12 heteroatoms. The van der Waals surface area contributed by atoms with Gasteiger partial charge in [0.1, 0.15) is 24.5 Å². The van der Waals surface area contributed by atoms with Crippen molar-refractivity contribution in [1.29, 1.82) is 5.26 Å². The molecule has 214 valence electrons. The number of fused-ring (bicyclic) bond motifs is 1. The molecule has 0 saturated carbocycles. The van der Waals surface area contributed by atoms with Crippen LogP contribution in [0.1, 0.15) is 31.0 Å². The lowest BCUT2D eigenvalue weighted by Crippen LogP contribution is -2.40. The van der Waals surface area contributed by atoms with Crippen LogP contribution in [0.2, 0.25) is 0 Å². The van der Waals surface area contributed by atoms with E-state index in [0.717, 1.165) is 5.56 Å². The van der Waals surface area contributed by atoms with Crippen molar-refractivity contribution < 1.29 is 28.5 Å². The molecule has 1 aliphatic heterocycles. The van der Waals surface area contributed by atoms with Crippen molar-refractivity contribution in [2.75, 3.05) is 40.6 Å². The number of nitrogens with zero attached hydrogens (tertiary/aromatic N) is 3. The predicted molar refractivity (Wildman–Crippen MR) is 156 cm³/mol. The van der Waals surface area contributed by atoms with E-state index in [0.29, 0.717) is 48.9 Å². The normalized spacial score (nSPS) is 14.6. The van der Waals surface area contributed by atoms with Gasteiger partial charge in [0.2, 0.25) is 0 Å². The molecule has 10 nitrogen and oxygen atoms in total. The van der Waals surface area contributed by atoms with Gasteiger partial charge in [-0.15, -0.1) is 0 Å². The van der Waals surface area contributed by atoms with Crippen LogP contribution in [0.15, 0.2) is 61.9 Å². The molecule has 0 unspecified atom stereocenters. The number of carbonyl (C=O) groups is 1. The molecule has 0 aliphatic carbocycles. The number of nitriles is 1. The molecular formula is C29H28BrN3O7S. The summed E-state index contributed by atoms with van der Waals surface area (Å²) in [5, 5.41) is 8.79. The number of ether oxygens (including phenoxy) is 5. The molecular weight excluding hydrogens is 614 g/mol. The lowest BCUT2D eigenvalue weighted by atomic mass is 9.94. The molecule has 1 aromatic heterocycles. The van der Waals surface area contributed by atoms with Crippen molar-refractivity contribution in [2.24, 2.45) is 4.99 Å². The largest absolute Gasteiger partial charge is 0.493 e. The fraction of sp³-hybridized carbons (Fsp3) is 0.310. The quantitative estimate of drug-likeness (QED) is 0.230. The number of hydrogen-bond acceptors (Lipinski definition) is 10. The molecule has 4 rings (SSSR count). The molecule has 0 bridgehead atoms. The van der Waals surface area contributed by atoms with Crippen molar-refractivity contribution >= 4 is 39.3 Å². The zero-order valence-electron chi connectivity index (χ0n) is 22.9. The Kier molecular flexibility index (Phi) is 9.99. The topological polar surface area (TPSA) is 121 Å². The summed E-state index contributed by atoms with van der Waals surface area (Å²) in [5.41, 5.74) is 1.61. The van der Waals surface area contributed by atoms with E-state index in [9.17, 15) is 9.59 Å². The van der Waals surface area contributed by atoms with E-state index >= 15 is 0 Å². The second kappa shape index (κ2) is 13.6. The summed E-state index contributed by atoms with van der Waals surface area (Å²) in [6.07, 6.45) is 1.74. The molecule has 0 amide bonds. The van der Waals surface area contributed by atoms with Gasteiger partial charge in [-0.3, -0.25) is 9.36 Å². The highest BCUT2D eigenvalue weighted by molar-refractivity contribution is 9.10. The first kappa shape index (κ1) is 30.0. The number of carbonyl (C=O) groups excluding carboxylic acids is 1. The number of hydrogen-bond donors (Lipinski definition) is 0. The number of para-hydroxylation sites is 1. The summed E-state index contributed by atoms with van der Waals surface area (Å²) >= 11 is 4.66. The van der Waals surface area contributed by atoms with Crippen molar-refractivity contribution in [3.63, 3.8) is 0 Å². The van der Waals surface area contributed by atoms with Crippen LogP contribution in [0.4, 0.5) is 0 Å². The first-order valence-corrected chi connectivity index (χ1v) is 14.2. The molecule has 2 heterocycles. The fourth-order valence-electron chi connectivity index (χ4n) is 4.37. The fourth-order valence-corrected chi connectivity index (χ4v) is 5.92. The van der Waals surface area contributed by atoms with E-state index in [1.807, 2.05) is 13.0 Å².